The number of rotatable bonds is 7. The number of halogens is 1. The summed E-state index contributed by atoms with van der Waals surface area (Å²) in [6.45, 7) is 9.63. The molecule has 0 N–H and O–H groups in total. The predicted molar refractivity (Wildman–Crippen MR) is 71.0 cm³/mol. The Morgan fingerprint density at radius 2 is 1.75 bits per heavy atom. The Kier molecular flexibility index (Phi) is 6.90. The van der Waals surface area contributed by atoms with E-state index in [2.05, 4.69) is 4.90 Å². The van der Waals surface area contributed by atoms with Crippen LogP contribution in [0.25, 0.3) is 0 Å². The summed E-state index contributed by atoms with van der Waals surface area (Å²) >= 11 is 5.62. The molecule has 3 nitrogen and oxygen atoms in total. The first-order valence-electron chi connectivity index (χ1n) is 5.75. The third-order valence-electron chi connectivity index (χ3n) is 2.66. The number of alkyl halides is 1. The fraction of sp³-hybridized carbons (Fsp3) is 1.00. The van der Waals surface area contributed by atoms with Gasteiger partial charge in [0.1, 0.15) is 0 Å². The van der Waals surface area contributed by atoms with Gasteiger partial charge in [-0.2, -0.15) is 0 Å². The third-order valence-corrected chi connectivity index (χ3v) is 5.52. The summed E-state index contributed by atoms with van der Waals surface area (Å²) in [4.78, 5) is 2.13. The first kappa shape index (κ1) is 16.2. The molecule has 0 rings (SSSR count). The second-order valence-corrected chi connectivity index (χ2v) is 8.15. The van der Waals surface area contributed by atoms with Crippen LogP contribution in [-0.2, 0) is 9.84 Å². The van der Waals surface area contributed by atoms with Crippen molar-refractivity contribution in [3.63, 3.8) is 0 Å². The van der Waals surface area contributed by atoms with Crippen molar-refractivity contribution in [1.82, 2.24) is 4.90 Å². The van der Waals surface area contributed by atoms with Crippen LogP contribution in [0.4, 0.5) is 0 Å². The molecule has 0 aromatic carbocycles. The number of nitrogens with zero attached hydrogens (tertiary/aromatic N) is 1. The lowest BCUT2D eigenvalue weighted by Crippen LogP contribution is -2.37. The molecule has 0 aromatic heterocycles. The zero-order valence-corrected chi connectivity index (χ0v) is 12.4. The molecule has 0 fully saturated rings. The van der Waals surface area contributed by atoms with E-state index in [0.29, 0.717) is 12.4 Å². The van der Waals surface area contributed by atoms with E-state index in [1.165, 1.54) is 0 Å². The van der Waals surface area contributed by atoms with Crippen LogP contribution < -0.4 is 0 Å². The summed E-state index contributed by atoms with van der Waals surface area (Å²) < 4.78 is 23.1. The molecular formula is C11H24ClNO2S. The molecule has 0 aliphatic heterocycles. The van der Waals surface area contributed by atoms with Crippen LogP contribution >= 0.6 is 11.6 Å². The second-order valence-electron chi connectivity index (χ2n) is 4.91. The van der Waals surface area contributed by atoms with E-state index in [0.717, 1.165) is 19.5 Å². The lowest BCUT2D eigenvalue weighted by Gasteiger charge is -2.24. The van der Waals surface area contributed by atoms with Crippen LogP contribution in [0.5, 0.6) is 0 Å². The first-order valence-corrected chi connectivity index (χ1v) is 7.94. The molecule has 0 radical (unpaired) electrons. The monoisotopic (exact) mass is 269 g/mol. The molecule has 0 aliphatic carbocycles. The highest BCUT2D eigenvalue weighted by Crippen LogP contribution is 2.15. The zero-order chi connectivity index (χ0) is 12.8. The molecule has 0 saturated heterocycles. The Morgan fingerprint density at radius 3 is 2.12 bits per heavy atom. The number of hydrogen-bond acceptors (Lipinski definition) is 3. The Balaban J connectivity index is 4.21. The van der Waals surface area contributed by atoms with Crippen molar-refractivity contribution < 1.29 is 8.42 Å². The largest absolute Gasteiger partial charge is 0.303 e. The normalized spacial score (nSPS) is 13.4. The fourth-order valence-electron chi connectivity index (χ4n) is 1.27. The van der Waals surface area contributed by atoms with Gasteiger partial charge in [-0.3, -0.25) is 0 Å². The van der Waals surface area contributed by atoms with Gasteiger partial charge in [0.2, 0.25) is 0 Å². The van der Waals surface area contributed by atoms with E-state index >= 15 is 0 Å². The summed E-state index contributed by atoms with van der Waals surface area (Å²) in [7, 11) is -3.00. The summed E-state index contributed by atoms with van der Waals surface area (Å²) in [5.74, 6) is 0.856. The molecule has 0 spiro atoms. The molecular weight excluding hydrogens is 246 g/mol. The molecule has 98 valence electrons. The molecule has 0 saturated carbocycles. The highest BCUT2D eigenvalue weighted by molar-refractivity contribution is 7.92. The van der Waals surface area contributed by atoms with Gasteiger partial charge in [0.15, 0.2) is 9.84 Å². The minimum absolute atomic E-state index is 0.229. The SMILES string of the molecule is CCN(CCCCl)CCS(=O)(=O)C(C)(C)C. The molecule has 0 aromatic rings. The quantitative estimate of drug-likeness (QED) is 0.665. The maximum Gasteiger partial charge on any atom is 0.156 e. The van der Waals surface area contributed by atoms with Crippen molar-refractivity contribution in [2.75, 3.05) is 31.3 Å². The Morgan fingerprint density at radius 1 is 1.19 bits per heavy atom. The van der Waals surface area contributed by atoms with Gasteiger partial charge in [-0.15, -0.1) is 11.6 Å². The van der Waals surface area contributed by atoms with Gasteiger partial charge >= 0.3 is 0 Å². The Bertz CT molecular complexity index is 283. The van der Waals surface area contributed by atoms with E-state index in [1.54, 1.807) is 20.8 Å². The summed E-state index contributed by atoms with van der Waals surface area (Å²) in [5.41, 5.74) is 0. The van der Waals surface area contributed by atoms with E-state index in [9.17, 15) is 8.42 Å². The van der Waals surface area contributed by atoms with Crippen LogP contribution in [0.15, 0.2) is 0 Å². The molecule has 5 heteroatoms. The summed E-state index contributed by atoms with van der Waals surface area (Å²) in [6.07, 6.45) is 0.908. The van der Waals surface area contributed by atoms with Crippen molar-refractivity contribution in [1.29, 1.82) is 0 Å². The molecule has 0 aliphatic rings. The van der Waals surface area contributed by atoms with Crippen LogP contribution in [0, 0.1) is 0 Å². The predicted octanol–water partition coefficient (Wildman–Crippen LogP) is 2.15. The van der Waals surface area contributed by atoms with E-state index in [1.807, 2.05) is 6.92 Å². The molecule has 0 unspecified atom stereocenters. The second kappa shape index (κ2) is 6.82. The number of hydrogen-bond donors (Lipinski definition) is 0. The summed E-state index contributed by atoms with van der Waals surface area (Å²) in [6, 6.07) is 0. The number of sulfone groups is 1. The van der Waals surface area contributed by atoms with Crippen molar-refractivity contribution in [2.45, 2.75) is 38.9 Å². The van der Waals surface area contributed by atoms with Crippen molar-refractivity contribution in [3.8, 4) is 0 Å². The first-order chi connectivity index (χ1) is 7.24. The zero-order valence-electron chi connectivity index (χ0n) is 10.8. The maximum atomic E-state index is 11.9. The Labute approximate surface area is 105 Å². The molecule has 0 amide bonds. The van der Waals surface area contributed by atoms with Crippen LogP contribution in [0.2, 0.25) is 0 Å². The lowest BCUT2D eigenvalue weighted by molar-refractivity contribution is 0.305. The van der Waals surface area contributed by atoms with Crippen LogP contribution in [0.3, 0.4) is 0 Å². The highest BCUT2D eigenvalue weighted by atomic mass is 35.5. The van der Waals surface area contributed by atoms with Gasteiger partial charge in [0.05, 0.1) is 10.5 Å². The van der Waals surface area contributed by atoms with Crippen LogP contribution in [-0.4, -0.2) is 49.3 Å². The topological polar surface area (TPSA) is 37.4 Å². The third kappa shape index (κ3) is 5.51. The van der Waals surface area contributed by atoms with Gasteiger partial charge in [-0.05, 0) is 40.3 Å². The molecule has 0 heterocycles. The lowest BCUT2D eigenvalue weighted by atomic mass is 10.3. The highest BCUT2D eigenvalue weighted by Gasteiger charge is 2.28. The standard InChI is InChI=1S/C11H24ClNO2S/c1-5-13(8-6-7-12)9-10-16(14,15)11(2,3)4/h5-10H2,1-4H3. The smallest absolute Gasteiger partial charge is 0.156 e. The van der Waals surface area contributed by atoms with Gasteiger partial charge in [-0.25, -0.2) is 8.42 Å². The van der Waals surface area contributed by atoms with Gasteiger partial charge in [0.25, 0.3) is 0 Å². The van der Waals surface area contributed by atoms with Crippen molar-refractivity contribution in [3.05, 3.63) is 0 Å². The van der Waals surface area contributed by atoms with Crippen LogP contribution in [0.1, 0.15) is 34.1 Å². The van der Waals surface area contributed by atoms with E-state index in [-0.39, 0.29) is 5.75 Å². The Hall–Kier alpha value is 0.200. The minimum atomic E-state index is -3.00. The molecule has 16 heavy (non-hydrogen) atoms. The summed E-state index contributed by atoms with van der Waals surface area (Å²) in [5, 5.41) is 0. The van der Waals surface area contributed by atoms with E-state index < -0.39 is 14.6 Å². The van der Waals surface area contributed by atoms with Gasteiger partial charge < -0.3 is 4.90 Å². The molecule has 0 atom stereocenters. The average Bonchev–Trinajstić information content (AvgIpc) is 2.16. The van der Waals surface area contributed by atoms with Gasteiger partial charge in [-0.1, -0.05) is 6.92 Å². The maximum absolute atomic E-state index is 11.9. The van der Waals surface area contributed by atoms with Crippen molar-refractivity contribution in [2.24, 2.45) is 0 Å². The van der Waals surface area contributed by atoms with E-state index in [4.69, 9.17) is 11.6 Å². The minimum Gasteiger partial charge on any atom is -0.303 e. The fourth-order valence-corrected chi connectivity index (χ4v) is 2.50. The van der Waals surface area contributed by atoms with Gasteiger partial charge in [0, 0.05) is 12.4 Å². The van der Waals surface area contributed by atoms with Crippen molar-refractivity contribution >= 4 is 21.4 Å². The molecule has 0 bridgehead atoms. The average molecular weight is 270 g/mol.